The number of nitrogens with one attached hydrogen (secondary N) is 2. The number of aromatic amines is 1. The van der Waals surface area contributed by atoms with Gasteiger partial charge in [-0.1, -0.05) is 6.07 Å². The number of rotatable bonds is 5. The number of carbonyl (C=O) groups excluding carboxylic acids is 1. The molecule has 0 spiro atoms. The number of benzene rings is 1. The molecule has 3 aromatic rings. The van der Waals surface area contributed by atoms with Gasteiger partial charge in [-0.05, 0) is 19.1 Å². The molecule has 1 amide bonds. The van der Waals surface area contributed by atoms with Crippen LogP contribution in [0.2, 0.25) is 0 Å². The second-order valence-electron chi connectivity index (χ2n) is 6.32. The van der Waals surface area contributed by atoms with Crippen LogP contribution in [0.5, 0.6) is 0 Å². The highest BCUT2D eigenvalue weighted by Crippen LogP contribution is 2.34. The Hall–Kier alpha value is -2.76. The normalized spacial score (nSPS) is 14.0. The first-order valence-corrected chi connectivity index (χ1v) is 9.28. The summed E-state index contributed by atoms with van der Waals surface area (Å²) >= 11 is 1.15. The molecular formula is C18H16F3N3O4S. The highest BCUT2D eigenvalue weighted by Gasteiger charge is 2.34. The molecule has 2 unspecified atom stereocenters. The number of halogens is 3. The Morgan fingerprint density at radius 2 is 2.07 bits per heavy atom. The third-order valence-corrected chi connectivity index (χ3v) is 4.93. The maximum atomic E-state index is 13.4. The predicted octanol–water partition coefficient (Wildman–Crippen LogP) is 2.60. The molecular weight excluding hydrogens is 411 g/mol. The van der Waals surface area contributed by atoms with Crippen LogP contribution in [0.3, 0.4) is 0 Å². The molecule has 0 aliphatic rings. The van der Waals surface area contributed by atoms with E-state index in [1.807, 2.05) is 0 Å². The first-order chi connectivity index (χ1) is 13.6. The van der Waals surface area contributed by atoms with E-state index in [-0.39, 0.29) is 21.8 Å². The lowest BCUT2D eigenvalue weighted by atomic mass is 9.98. The molecule has 0 fully saturated rings. The summed E-state index contributed by atoms with van der Waals surface area (Å²) in [5.74, 6) is -0.643. The minimum absolute atomic E-state index is 0.237. The van der Waals surface area contributed by atoms with E-state index in [9.17, 15) is 33.0 Å². The molecule has 29 heavy (non-hydrogen) atoms. The summed E-state index contributed by atoms with van der Waals surface area (Å²) < 4.78 is 40.1. The number of aliphatic hydroxyl groups is 2. The van der Waals surface area contributed by atoms with Crippen LogP contribution in [0.25, 0.3) is 10.9 Å². The lowest BCUT2D eigenvalue weighted by Gasteiger charge is -2.20. The summed E-state index contributed by atoms with van der Waals surface area (Å²) in [6.45, 7) is 1.21. The van der Waals surface area contributed by atoms with Crippen LogP contribution in [0.1, 0.15) is 29.8 Å². The van der Waals surface area contributed by atoms with Crippen molar-refractivity contribution >= 4 is 33.3 Å². The van der Waals surface area contributed by atoms with Crippen molar-refractivity contribution in [2.75, 3.05) is 5.32 Å². The van der Waals surface area contributed by atoms with E-state index >= 15 is 0 Å². The average molecular weight is 427 g/mol. The quantitative estimate of drug-likeness (QED) is 0.500. The topological polar surface area (TPSA) is 115 Å². The fourth-order valence-corrected chi connectivity index (χ4v) is 3.43. The first-order valence-electron chi connectivity index (χ1n) is 8.40. The largest absolute Gasteiger partial charge is 0.418 e. The number of nitrogens with zero attached hydrogens (tertiary/aromatic N) is 1. The lowest BCUT2D eigenvalue weighted by molar-refractivity contribution is -0.136. The molecule has 1 aromatic carbocycles. The van der Waals surface area contributed by atoms with Crippen molar-refractivity contribution < 1.29 is 28.2 Å². The minimum Gasteiger partial charge on any atom is -0.390 e. The maximum absolute atomic E-state index is 13.4. The number of hydrogen-bond acceptors (Lipinski definition) is 6. The van der Waals surface area contributed by atoms with Gasteiger partial charge in [-0.3, -0.25) is 9.59 Å². The van der Waals surface area contributed by atoms with E-state index < -0.39 is 47.2 Å². The van der Waals surface area contributed by atoms with Gasteiger partial charge < -0.3 is 20.5 Å². The molecule has 2 atom stereocenters. The van der Waals surface area contributed by atoms with Crippen LogP contribution in [-0.4, -0.2) is 32.2 Å². The fraction of sp³-hybridized carbons (Fsp3) is 0.278. The molecule has 2 aromatic heterocycles. The Labute approximate surface area is 165 Å². The van der Waals surface area contributed by atoms with Crippen LogP contribution in [0.4, 0.5) is 18.3 Å². The molecule has 3 rings (SSSR count). The van der Waals surface area contributed by atoms with Crippen LogP contribution in [0.15, 0.2) is 34.6 Å². The van der Waals surface area contributed by atoms with Crippen LogP contribution in [0, 0.1) is 0 Å². The van der Waals surface area contributed by atoms with Crippen molar-refractivity contribution in [3.63, 3.8) is 0 Å². The number of aromatic nitrogens is 2. The van der Waals surface area contributed by atoms with Crippen molar-refractivity contribution in [1.82, 2.24) is 9.97 Å². The molecule has 7 nitrogen and oxygen atoms in total. The van der Waals surface area contributed by atoms with Gasteiger partial charge in [-0.2, -0.15) is 13.2 Å². The molecule has 0 saturated carbocycles. The second kappa shape index (κ2) is 7.93. The summed E-state index contributed by atoms with van der Waals surface area (Å²) in [7, 11) is 0. The van der Waals surface area contributed by atoms with Gasteiger partial charge in [0.2, 0.25) is 5.91 Å². The monoisotopic (exact) mass is 427 g/mol. The molecule has 0 aliphatic heterocycles. The summed E-state index contributed by atoms with van der Waals surface area (Å²) in [6.07, 6.45) is -6.91. The Balaban J connectivity index is 2.17. The van der Waals surface area contributed by atoms with Crippen molar-refractivity contribution in [2.24, 2.45) is 0 Å². The number of aliphatic hydroxyl groups excluding tert-OH is 2. The Morgan fingerprint density at radius 1 is 1.34 bits per heavy atom. The van der Waals surface area contributed by atoms with Crippen molar-refractivity contribution in [3.05, 3.63) is 56.8 Å². The molecule has 2 heterocycles. The lowest BCUT2D eigenvalue weighted by Crippen LogP contribution is -2.27. The number of thiazole rings is 1. The van der Waals surface area contributed by atoms with Crippen LogP contribution in [-0.2, 0) is 17.4 Å². The van der Waals surface area contributed by atoms with E-state index in [4.69, 9.17) is 0 Å². The van der Waals surface area contributed by atoms with E-state index in [0.29, 0.717) is 0 Å². The first kappa shape index (κ1) is 21.0. The fourth-order valence-electron chi connectivity index (χ4n) is 2.89. The molecule has 0 saturated heterocycles. The van der Waals surface area contributed by atoms with Crippen molar-refractivity contribution in [3.8, 4) is 0 Å². The number of H-pyrrole nitrogens is 1. The zero-order valence-corrected chi connectivity index (χ0v) is 15.8. The Bertz CT molecular complexity index is 1090. The van der Waals surface area contributed by atoms with Crippen molar-refractivity contribution in [2.45, 2.75) is 31.7 Å². The third-order valence-electron chi connectivity index (χ3n) is 4.24. The van der Waals surface area contributed by atoms with E-state index in [0.717, 1.165) is 23.5 Å². The molecule has 154 valence electrons. The average Bonchev–Trinajstić information content (AvgIpc) is 3.14. The highest BCUT2D eigenvalue weighted by atomic mass is 32.1. The van der Waals surface area contributed by atoms with Gasteiger partial charge in [0.15, 0.2) is 10.6 Å². The molecule has 4 N–H and O–H groups in total. The molecule has 0 aliphatic carbocycles. The summed E-state index contributed by atoms with van der Waals surface area (Å²) in [4.78, 5) is 31.6. The zero-order chi connectivity index (χ0) is 21.3. The van der Waals surface area contributed by atoms with Gasteiger partial charge >= 0.3 is 6.18 Å². The number of alkyl halides is 3. The zero-order valence-electron chi connectivity index (χ0n) is 14.9. The SMILES string of the molecule is CC(O)C(O)c1[nH]c2c(C(F)(F)F)cccc2c(=O)c1CC(=O)Nc1nccs1. The highest BCUT2D eigenvalue weighted by molar-refractivity contribution is 7.13. The number of anilines is 1. The van der Waals surface area contributed by atoms with Gasteiger partial charge in [0.1, 0.15) is 6.10 Å². The van der Waals surface area contributed by atoms with Gasteiger partial charge in [0, 0.05) is 22.5 Å². The number of para-hydroxylation sites is 1. The van der Waals surface area contributed by atoms with Gasteiger partial charge in [-0.25, -0.2) is 4.98 Å². The minimum atomic E-state index is -4.75. The predicted molar refractivity (Wildman–Crippen MR) is 101 cm³/mol. The molecule has 0 radical (unpaired) electrons. The number of fused-ring (bicyclic) bond motifs is 1. The van der Waals surface area contributed by atoms with E-state index in [2.05, 4.69) is 15.3 Å². The number of carbonyl (C=O) groups is 1. The second-order valence-corrected chi connectivity index (χ2v) is 7.21. The standard InChI is InChI=1S/C18H16F3N3O4S/c1-8(25)15(27)14-10(7-12(26)23-17-22-5-6-29-17)16(28)9-3-2-4-11(13(9)24-14)18(19,20)21/h2-6,8,15,25,27H,7H2,1H3,(H,24,28)(H,22,23,26). The third kappa shape index (κ3) is 4.31. The number of hydrogen-bond donors (Lipinski definition) is 4. The smallest absolute Gasteiger partial charge is 0.390 e. The molecule has 0 bridgehead atoms. The van der Waals surface area contributed by atoms with Gasteiger partial charge in [-0.15, -0.1) is 11.3 Å². The van der Waals surface area contributed by atoms with Crippen LogP contribution < -0.4 is 10.7 Å². The van der Waals surface area contributed by atoms with E-state index in [1.54, 1.807) is 5.38 Å². The number of pyridine rings is 1. The van der Waals surface area contributed by atoms with Crippen LogP contribution >= 0.6 is 11.3 Å². The number of amides is 1. The summed E-state index contributed by atoms with van der Waals surface area (Å²) in [6, 6.07) is 3.08. The van der Waals surface area contributed by atoms with Gasteiger partial charge in [0.05, 0.1) is 29.3 Å². The van der Waals surface area contributed by atoms with E-state index in [1.165, 1.54) is 19.2 Å². The Morgan fingerprint density at radius 3 is 2.66 bits per heavy atom. The Kier molecular flexibility index (Phi) is 5.73. The van der Waals surface area contributed by atoms with Gasteiger partial charge in [0.25, 0.3) is 0 Å². The van der Waals surface area contributed by atoms with Crippen molar-refractivity contribution in [1.29, 1.82) is 0 Å². The molecule has 11 heteroatoms. The maximum Gasteiger partial charge on any atom is 0.418 e. The summed E-state index contributed by atoms with van der Waals surface area (Å²) in [5, 5.41) is 24.1. The summed E-state index contributed by atoms with van der Waals surface area (Å²) in [5.41, 5.74) is -3.04.